The molecule has 1 aliphatic rings. The number of pyridine rings is 1. The van der Waals surface area contributed by atoms with Gasteiger partial charge in [0.1, 0.15) is 18.1 Å². The molecule has 180 valence electrons. The van der Waals surface area contributed by atoms with Crippen LogP contribution in [0.1, 0.15) is 34.7 Å². The van der Waals surface area contributed by atoms with E-state index in [4.69, 9.17) is 9.47 Å². The molecule has 0 aliphatic carbocycles. The van der Waals surface area contributed by atoms with Crippen molar-refractivity contribution in [1.82, 2.24) is 9.88 Å². The number of methoxy groups -OCH3 is 1. The first-order chi connectivity index (χ1) is 17.0. The summed E-state index contributed by atoms with van der Waals surface area (Å²) in [6.45, 7) is 3.22. The van der Waals surface area contributed by atoms with Crippen molar-refractivity contribution in [2.24, 2.45) is 0 Å². The fraction of sp³-hybridized carbons (Fsp3) is 0.250. The lowest BCUT2D eigenvalue weighted by Crippen LogP contribution is -2.31. The Bertz CT molecular complexity index is 1220. The number of ketones is 1. The third-order valence-corrected chi connectivity index (χ3v) is 5.90. The zero-order valence-electron chi connectivity index (χ0n) is 19.8. The van der Waals surface area contributed by atoms with Crippen LogP contribution in [0, 0.1) is 6.92 Å². The van der Waals surface area contributed by atoms with Gasteiger partial charge in [-0.2, -0.15) is 0 Å². The van der Waals surface area contributed by atoms with Gasteiger partial charge in [-0.1, -0.05) is 35.9 Å². The van der Waals surface area contributed by atoms with Crippen LogP contribution in [-0.4, -0.2) is 46.9 Å². The summed E-state index contributed by atoms with van der Waals surface area (Å²) in [5.74, 6) is -0.952. The third kappa shape index (κ3) is 5.41. The number of rotatable bonds is 9. The van der Waals surface area contributed by atoms with Crippen LogP contribution in [0.15, 0.2) is 78.6 Å². The fourth-order valence-electron chi connectivity index (χ4n) is 4.21. The van der Waals surface area contributed by atoms with Crippen LogP contribution in [0.2, 0.25) is 0 Å². The number of aryl methyl sites for hydroxylation is 1. The Labute approximate surface area is 204 Å². The fourth-order valence-corrected chi connectivity index (χ4v) is 4.21. The van der Waals surface area contributed by atoms with E-state index < -0.39 is 17.7 Å². The molecule has 0 saturated carbocycles. The smallest absolute Gasteiger partial charge is 0.295 e. The first kappa shape index (κ1) is 24.2. The Morgan fingerprint density at radius 3 is 2.57 bits per heavy atom. The summed E-state index contributed by atoms with van der Waals surface area (Å²) in [6, 6.07) is 17.7. The van der Waals surface area contributed by atoms with Gasteiger partial charge in [0.2, 0.25) is 0 Å². The molecule has 1 aromatic heterocycles. The second-order valence-electron chi connectivity index (χ2n) is 8.43. The summed E-state index contributed by atoms with van der Waals surface area (Å²) in [5, 5.41) is 11.2. The number of benzene rings is 2. The molecule has 1 N–H and O–H groups in total. The van der Waals surface area contributed by atoms with Gasteiger partial charge in [0.25, 0.3) is 11.7 Å². The Morgan fingerprint density at radius 2 is 1.89 bits per heavy atom. The number of Topliss-reactive ketones (excluding diaryl/α,β-unsaturated/α-hetero) is 1. The van der Waals surface area contributed by atoms with Crippen molar-refractivity contribution in [3.05, 3.63) is 101 Å². The maximum absolute atomic E-state index is 13.0. The van der Waals surface area contributed by atoms with Crippen LogP contribution in [0.4, 0.5) is 0 Å². The van der Waals surface area contributed by atoms with E-state index in [1.807, 2.05) is 25.1 Å². The van der Waals surface area contributed by atoms with Gasteiger partial charge < -0.3 is 19.5 Å². The van der Waals surface area contributed by atoms with Gasteiger partial charge in [-0.25, -0.2) is 0 Å². The predicted octanol–water partition coefficient (Wildman–Crippen LogP) is 4.43. The summed E-state index contributed by atoms with van der Waals surface area (Å²) < 4.78 is 11.0. The monoisotopic (exact) mass is 472 g/mol. The van der Waals surface area contributed by atoms with Crippen LogP contribution in [-0.2, 0) is 20.9 Å². The minimum absolute atomic E-state index is 0.0499. The molecule has 2 aromatic carbocycles. The number of ether oxygens (including phenoxy) is 2. The minimum atomic E-state index is -0.724. The van der Waals surface area contributed by atoms with Crippen molar-refractivity contribution in [2.75, 3.05) is 20.3 Å². The van der Waals surface area contributed by atoms with Crippen LogP contribution in [0.3, 0.4) is 0 Å². The van der Waals surface area contributed by atoms with E-state index in [-0.39, 0.29) is 11.3 Å². The van der Waals surface area contributed by atoms with E-state index in [0.717, 1.165) is 11.1 Å². The summed E-state index contributed by atoms with van der Waals surface area (Å²) in [7, 11) is 1.58. The second-order valence-corrected chi connectivity index (χ2v) is 8.43. The number of nitrogens with zero attached hydrogens (tertiary/aromatic N) is 2. The minimum Gasteiger partial charge on any atom is -0.507 e. The molecule has 0 spiro atoms. The van der Waals surface area contributed by atoms with Crippen molar-refractivity contribution < 1.29 is 24.2 Å². The molecule has 1 saturated heterocycles. The standard InChI is InChI=1S/C28H28N2O5/c1-19-6-3-7-20(16-19)18-35-23-11-9-21(10-12-23)26(31)24-25(22-8-4-13-29-17-22)30(14-5-15-34-2)28(33)27(24)32/h3-4,6-13,16-17,25,31H,5,14-15,18H2,1-2H3/b26-24+/t25-/m1/s1. The summed E-state index contributed by atoms with van der Waals surface area (Å²) in [5.41, 5.74) is 3.35. The molecule has 0 bridgehead atoms. The highest BCUT2D eigenvalue weighted by Gasteiger charge is 2.45. The van der Waals surface area contributed by atoms with Gasteiger partial charge in [-0.05, 0) is 54.8 Å². The quantitative estimate of drug-likeness (QED) is 0.215. The molecule has 0 radical (unpaired) electrons. The Kier molecular flexibility index (Phi) is 7.57. The molecular formula is C28H28N2O5. The first-order valence-electron chi connectivity index (χ1n) is 11.5. The lowest BCUT2D eigenvalue weighted by molar-refractivity contribution is -0.140. The maximum atomic E-state index is 13.0. The average molecular weight is 473 g/mol. The van der Waals surface area contributed by atoms with E-state index >= 15 is 0 Å². The van der Waals surface area contributed by atoms with Gasteiger partial charge >= 0.3 is 0 Å². The number of carbonyl (C=O) groups excluding carboxylic acids is 2. The summed E-state index contributed by atoms with van der Waals surface area (Å²) in [4.78, 5) is 31.5. The van der Waals surface area contributed by atoms with Crippen molar-refractivity contribution >= 4 is 17.4 Å². The molecular weight excluding hydrogens is 444 g/mol. The van der Waals surface area contributed by atoms with Crippen LogP contribution in [0.5, 0.6) is 5.75 Å². The second kappa shape index (κ2) is 11.0. The number of aliphatic hydroxyl groups is 1. The van der Waals surface area contributed by atoms with Gasteiger partial charge in [0.05, 0.1) is 11.6 Å². The maximum Gasteiger partial charge on any atom is 0.295 e. The van der Waals surface area contributed by atoms with Crippen LogP contribution in [0.25, 0.3) is 5.76 Å². The number of likely N-dealkylation sites (tertiary alicyclic amines) is 1. The molecule has 1 aliphatic heterocycles. The van der Waals surface area contributed by atoms with Gasteiger partial charge in [-0.15, -0.1) is 0 Å². The average Bonchev–Trinajstić information content (AvgIpc) is 3.13. The van der Waals surface area contributed by atoms with Crippen molar-refractivity contribution in [3.8, 4) is 5.75 Å². The van der Waals surface area contributed by atoms with Crippen LogP contribution >= 0.6 is 0 Å². The number of carbonyl (C=O) groups is 2. The number of aliphatic hydroxyl groups excluding tert-OH is 1. The first-order valence-corrected chi connectivity index (χ1v) is 11.5. The highest BCUT2D eigenvalue weighted by atomic mass is 16.5. The SMILES string of the molecule is COCCCN1C(=O)C(=O)/C(=C(/O)c2ccc(OCc3cccc(C)c3)cc2)[C@H]1c1cccnc1. The lowest BCUT2D eigenvalue weighted by Gasteiger charge is -2.25. The highest BCUT2D eigenvalue weighted by molar-refractivity contribution is 6.46. The molecule has 4 rings (SSSR count). The Morgan fingerprint density at radius 1 is 1.09 bits per heavy atom. The van der Waals surface area contributed by atoms with Crippen molar-refractivity contribution in [3.63, 3.8) is 0 Å². The van der Waals surface area contributed by atoms with E-state index in [0.29, 0.717) is 43.1 Å². The normalized spacial score (nSPS) is 17.1. The van der Waals surface area contributed by atoms with Crippen molar-refractivity contribution in [1.29, 1.82) is 0 Å². The molecule has 1 amide bonds. The van der Waals surface area contributed by atoms with Gasteiger partial charge in [0.15, 0.2) is 0 Å². The largest absolute Gasteiger partial charge is 0.507 e. The van der Waals surface area contributed by atoms with Gasteiger partial charge in [-0.3, -0.25) is 14.6 Å². The zero-order chi connectivity index (χ0) is 24.8. The van der Waals surface area contributed by atoms with Crippen LogP contribution < -0.4 is 4.74 Å². The van der Waals surface area contributed by atoms with E-state index in [1.165, 1.54) is 4.90 Å². The molecule has 3 aromatic rings. The number of hydrogen-bond donors (Lipinski definition) is 1. The van der Waals surface area contributed by atoms with E-state index in [2.05, 4.69) is 11.1 Å². The lowest BCUT2D eigenvalue weighted by atomic mass is 9.96. The number of aromatic nitrogens is 1. The summed E-state index contributed by atoms with van der Waals surface area (Å²) in [6.07, 6.45) is 3.79. The Hall–Kier alpha value is -3.97. The highest BCUT2D eigenvalue weighted by Crippen LogP contribution is 2.39. The molecule has 7 heteroatoms. The third-order valence-electron chi connectivity index (χ3n) is 5.90. The molecule has 7 nitrogen and oxygen atoms in total. The molecule has 2 heterocycles. The number of amides is 1. The van der Waals surface area contributed by atoms with E-state index in [1.54, 1.807) is 55.9 Å². The topological polar surface area (TPSA) is 89.0 Å². The van der Waals surface area contributed by atoms with E-state index in [9.17, 15) is 14.7 Å². The molecule has 0 unspecified atom stereocenters. The summed E-state index contributed by atoms with van der Waals surface area (Å²) >= 11 is 0. The zero-order valence-corrected chi connectivity index (χ0v) is 19.8. The number of hydrogen-bond acceptors (Lipinski definition) is 6. The Balaban J connectivity index is 1.61. The molecule has 35 heavy (non-hydrogen) atoms. The van der Waals surface area contributed by atoms with Gasteiger partial charge in [0, 0.05) is 38.2 Å². The predicted molar refractivity (Wildman–Crippen MR) is 132 cm³/mol. The molecule has 1 atom stereocenters. The molecule has 1 fully saturated rings. The van der Waals surface area contributed by atoms with Crippen molar-refractivity contribution in [2.45, 2.75) is 26.0 Å².